The molecule has 0 spiro atoms. The molecule has 0 radical (unpaired) electrons. The monoisotopic (exact) mass is 302 g/mol. The molecule has 0 aliphatic heterocycles. The summed E-state index contributed by atoms with van der Waals surface area (Å²) in [4.78, 5) is 0. The molecule has 1 saturated carbocycles. The summed E-state index contributed by atoms with van der Waals surface area (Å²) in [7, 11) is 0. The molecule has 1 aromatic carbocycles. The maximum atomic E-state index is 13.5. The largest absolute Gasteiger partial charge is 0.432 e. The first-order valence-corrected chi connectivity index (χ1v) is 7.17. The molecule has 21 heavy (non-hydrogen) atoms. The second-order valence-electron chi connectivity index (χ2n) is 5.89. The minimum atomic E-state index is -3.06. The van der Waals surface area contributed by atoms with Gasteiger partial charge in [0, 0.05) is 18.2 Å². The van der Waals surface area contributed by atoms with Crippen molar-refractivity contribution in [3.05, 3.63) is 17.9 Å². The van der Waals surface area contributed by atoms with Crippen LogP contribution in [0.5, 0.6) is 5.75 Å². The molecule has 1 aliphatic carbocycles. The number of halogens is 3. The van der Waals surface area contributed by atoms with E-state index in [1.54, 1.807) is 0 Å². The average Bonchev–Trinajstić information content (AvgIpc) is 2.37. The minimum Gasteiger partial charge on any atom is -0.432 e. The fraction of sp³-hybridized carbons (Fsp3) is 0.600. The number of hydrogen-bond acceptors (Lipinski definition) is 3. The van der Waals surface area contributed by atoms with Crippen LogP contribution in [0.3, 0.4) is 0 Å². The molecule has 3 N–H and O–H groups in total. The van der Waals surface area contributed by atoms with Crippen LogP contribution in [0.4, 0.5) is 24.5 Å². The van der Waals surface area contributed by atoms with Crippen molar-refractivity contribution < 1.29 is 17.9 Å². The Morgan fingerprint density at radius 3 is 2.62 bits per heavy atom. The highest BCUT2D eigenvalue weighted by Gasteiger charge is 2.26. The highest BCUT2D eigenvalue weighted by Crippen LogP contribution is 2.34. The molecule has 3 nitrogen and oxygen atoms in total. The van der Waals surface area contributed by atoms with Gasteiger partial charge in [-0.3, -0.25) is 0 Å². The molecule has 0 aromatic heterocycles. The molecule has 118 valence electrons. The van der Waals surface area contributed by atoms with Gasteiger partial charge in [-0.2, -0.15) is 8.78 Å². The summed E-state index contributed by atoms with van der Waals surface area (Å²) in [5.74, 6) is -0.249. The molecule has 2 rings (SSSR count). The number of nitrogen functional groups attached to an aromatic ring is 1. The quantitative estimate of drug-likeness (QED) is 0.818. The van der Waals surface area contributed by atoms with Gasteiger partial charge in [0.1, 0.15) is 0 Å². The molecule has 3 atom stereocenters. The minimum absolute atomic E-state index is 0.194. The summed E-state index contributed by atoms with van der Waals surface area (Å²) < 4.78 is 42.2. The van der Waals surface area contributed by atoms with Crippen LogP contribution in [0.15, 0.2) is 12.1 Å². The number of nitrogens with one attached hydrogen (secondary N) is 1. The van der Waals surface area contributed by atoms with Gasteiger partial charge in [0.05, 0.1) is 11.4 Å². The highest BCUT2D eigenvalue weighted by atomic mass is 19.3. The van der Waals surface area contributed by atoms with Gasteiger partial charge in [0.15, 0.2) is 11.6 Å². The van der Waals surface area contributed by atoms with Crippen molar-refractivity contribution in [1.29, 1.82) is 0 Å². The van der Waals surface area contributed by atoms with Crippen LogP contribution in [0.1, 0.15) is 33.1 Å². The number of rotatable bonds is 4. The van der Waals surface area contributed by atoms with Crippen LogP contribution in [0.25, 0.3) is 0 Å². The van der Waals surface area contributed by atoms with E-state index in [1.807, 2.05) is 0 Å². The topological polar surface area (TPSA) is 47.3 Å². The first-order chi connectivity index (χ1) is 9.86. The van der Waals surface area contributed by atoms with Crippen LogP contribution >= 0.6 is 0 Å². The Kier molecular flexibility index (Phi) is 4.85. The molecule has 1 aliphatic rings. The lowest BCUT2D eigenvalue weighted by atomic mass is 9.80. The molecule has 0 heterocycles. The van der Waals surface area contributed by atoms with Crippen LogP contribution in [-0.4, -0.2) is 12.7 Å². The Balaban J connectivity index is 2.15. The molecule has 0 saturated heterocycles. The van der Waals surface area contributed by atoms with E-state index in [1.165, 1.54) is 6.07 Å². The second kappa shape index (κ2) is 6.45. The van der Waals surface area contributed by atoms with Crippen molar-refractivity contribution in [2.45, 2.75) is 45.8 Å². The fourth-order valence-corrected chi connectivity index (χ4v) is 2.96. The Morgan fingerprint density at radius 2 is 2.00 bits per heavy atom. The van der Waals surface area contributed by atoms with E-state index in [2.05, 4.69) is 23.9 Å². The predicted octanol–water partition coefficient (Wildman–Crippen LogP) is 4.25. The van der Waals surface area contributed by atoms with Gasteiger partial charge >= 0.3 is 6.61 Å². The standard InChI is InChI=1S/C15H21F3N2O/c1-8-3-4-12(9(2)5-8)20-13-7-14(21-15(17)18)10(16)6-11(13)19/h6-9,12,15,20H,3-5,19H2,1-2H3. The van der Waals surface area contributed by atoms with Crippen molar-refractivity contribution in [2.24, 2.45) is 11.8 Å². The van der Waals surface area contributed by atoms with Crippen LogP contribution in [0.2, 0.25) is 0 Å². The molecule has 0 bridgehead atoms. The summed E-state index contributed by atoms with van der Waals surface area (Å²) in [6.07, 6.45) is 3.17. The maximum Gasteiger partial charge on any atom is 0.387 e. The molecule has 6 heteroatoms. The van der Waals surface area contributed by atoms with Crippen molar-refractivity contribution in [3.8, 4) is 5.75 Å². The Labute approximate surface area is 122 Å². The van der Waals surface area contributed by atoms with E-state index < -0.39 is 18.2 Å². The van der Waals surface area contributed by atoms with Crippen molar-refractivity contribution in [2.75, 3.05) is 11.1 Å². The Bertz CT molecular complexity index is 496. The van der Waals surface area contributed by atoms with E-state index in [9.17, 15) is 13.2 Å². The zero-order valence-electron chi connectivity index (χ0n) is 12.2. The van der Waals surface area contributed by atoms with Crippen LogP contribution < -0.4 is 15.8 Å². The van der Waals surface area contributed by atoms with Crippen molar-refractivity contribution in [3.63, 3.8) is 0 Å². The molecular formula is C15H21F3N2O. The van der Waals surface area contributed by atoms with Gasteiger partial charge in [0.25, 0.3) is 0 Å². The lowest BCUT2D eigenvalue weighted by molar-refractivity contribution is -0.0521. The number of anilines is 2. The summed E-state index contributed by atoms with van der Waals surface area (Å²) in [6, 6.07) is 2.42. The molecule has 1 fully saturated rings. The first kappa shape index (κ1) is 15.8. The van der Waals surface area contributed by atoms with Crippen molar-refractivity contribution in [1.82, 2.24) is 0 Å². The number of benzene rings is 1. The number of hydrogen-bond donors (Lipinski definition) is 2. The van der Waals surface area contributed by atoms with Gasteiger partial charge in [-0.1, -0.05) is 13.8 Å². The smallest absolute Gasteiger partial charge is 0.387 e. The Hall–Kier alpha value is -1.59. The summed E-state index contributed by atoms with van der Waals surface area (Å²) >= 11 is 0. The third-order valence-electron chi connectivity index (χ3n) is 4.09. The average molecular weight is 302 g/mol. The normalized spacial score (nSPS) is 25.9. The van der Waals surface area contributed by atoms with Gasteiger partial charge in [-0.05, 0) is 31.1 Å². The number of alkyl halides is 2. The number of ether oxygens (including phenoxy) is 1. The van der Waals surface area contributed by atoms with Gasteiger partial charge < -0.3 is 15.8 Å². The molecular weight excluding hydrogens is 281 g/mol. The molecule has 0 amide bonds. The van der Waals surface area contributed by atoms with E-state index in [0.29, 0.717) is 17.5 Å². The fourth-order valence-electron chi connectivity index (χ4n) is 2.96. The third-order valence-corrected chi connectivity index (χ3v) is 4.09. The maximum absolute atomic E-state index is 13.5. The SMILES string of the molecule is CC1CCC(Nc2cc(OC(F)F)c(F)cc2N)C(C)C1. The zero-order valence-corrected chi connectivity index (χ0v) is 12.2. The van der Waals surface area contributed by atoms with Gasteiger partial charge in [-0.25, -0.2) is 4.39 Å². The zero-order chi connectivity index (χ0) is 15.6. The van der Waals surface area contributed by atoms with E-state index >= 15 is 0 Å². The van der Waals surface area contributed by atoms with E-state index in [-0.39, 0.29) is 11.7 Å². The summed E-state index contributed by atoms with van der Waals surface area (Å²) in [6.45, 7) is 1.29. The van der Waals surface area contributed by atoms with Crippen molar-refractivity contribution >= 4 is 11.4 Å². The second-order valence-corrected chi connectivity index (χ2v) is 5.89. The lowest BCUT2D eigenvalue weighted by Crippen LogP contribution is -2.33. The third kappa shape index (κ3) is 3.95. The number of nitrogens with two attached hydrogens (primary N) is 1. The van der Waals surface area contributed by atoms with E-state index in [4.69, 9.17) is 5.73 Å². The predicted molar refractivity (Wildman–Crippen MR) is 77.0 cm³/mol. The summed E-state index contributed by atoms with van der Waals surface area (Å²) in [5.41, 5.74) is 6.40. The lowest BCUT2D eigenvalue weighted by Gasteiger charge is -2.34. The van der Waals surface area contributed by atoms with Gasteiger partial charge in [0.2, 0.25) is 0 Å². The molecule has 1 aromatic rings. The van der Waals surface area contributed by atoms with Crippen LogP contribution in [-0.2, 0) is 0 Å². The van der Waals surface area contributed by atoms with Gasteiger partial charge in [-0.15, -0.1) is 0 Å². The molecule has 3 unspecified atom stereocenters. The van der Waals surface area contributed by atoms with Crippen LogP contribution in [0, 0.1) is 17.7 Å². The van der Waals surface area contributed by atoms with E-state index in [0.717, 1.165) is 25.3 Å². The first-order valence-electron chi connectivity index (χ1n) is 7.17. The highest BCUT2D eigenvalue weighted by molar-refractivity contribution is 5.69. The Morgan fingerprint density at radius 1 is 1.29 bits per heavy atom. The summed E-state index contributed by atoms with van der Waals surface area (Å²) in [5, 5.41) is 3.24.